The molecule has 1 aromatic carbocycles. The molecule has 0 spiro atoms. The molecule has 1 unspecified atom stereocenters. The summed E-state index contributed by atoms with van der Waals surface area (Å²) in [4.78, 5) is 4.25. The quantitative estimate of drug-likeness (QED) is 0.892. The zero-order valence-corrected chi connectivity index (χ0v) is 9.61. The number of fused-ring (bicyclic) bond motifs is 1. The predicted molar refractivity (Wildman–Crippen MR) is 63.6 cm³/mol. The number of pyridine rings is 1. The number of aromatic nitrogens is 1. The van der Waals surface area contributed by atoms with Crippen molar-refractivity contribution < 1.29 is 9.84 Å². The topological polar surface area (TPSA) is 42.4 Å². The second kappa shape index (κ2) is 4.78. The fraction of sp³-hybridized carbons (Fsp3) is 0.250. The highest BCUT2D eigenvalue weighted by molar-refractivity contribution is 6.35. The van der Waals surface area contributed by atoms with Crippen molar-refractivity contribution in [2.45, 2.75) is 6.10 Å². The Kier molecular flexibility index (Phi) is 3.39. The number of rotatable bonds is 3. The first kappa shape index (κ1) is 11.3. The van der Waals surface area contributed by atoms with Gasteiger partial charge in [-0.25, -0.2) is 0 Å². The molecular weight excluding hydrogens is 226 g/mol. The first-order chi connectivity index (χ1) is 7.74. The minimum atomic E-state index is -0.681. The normalized spacial score (nSPS) is 12.9. The fourth-order valence-electron chi connectivity index (χ4n) is 1.68. The van der Waals surface area contributed by atoms with Gasteiger partial charge >= 0.3 is 0 Å². The zero-order chi connectivity index (χ0) is 11.5. The Hall–Kier alpha value is -1.16. The molecule has 1 heterocycles. The number of nitrogens with zero attached hydrogens (tertiary/aromatic N) is 1. The van der Waals surface area contributed by atoms with Gasteiger partial charge in [0.05, 0.1) is 12.1 Å². The number of hydrogen-bond acceptors (Lipinski definition) is 3. The molecule has 1 aromatic heterocycles. The summed E-state index contributed by atoms with van der Waals surface area (Å²) in [5.41, 5.74) is 1.46. The van der Waals surface area contributed by atoms with E-state index in [0.717, 1.165) is 16.5 Å². The molecule has 0 bridgehead atoms. The van der Waals surface area contributed by atoms with Crippen LogP contribution in [0.3, 0.4) is 0 Å². The highest BCUT2D eigenvalue weighted by Gasteiger charge is 2.13. The van der Waals surface area contributed by atoms with Crippen LogP contribution in [0.4, 0.5) is 0 Å². The number of aliphatic hydroxyl groups excluding tert-OH is 1. The Bertz CT molecular complexity index is 501. The van der Waals surface area contributed by atoms with Gasteiger partial charge in [-0.2, -0.15) is 0 Å². The van der Waals surface area contributed by atoms with Crippen LogP contribution in [0.15, 0.2) is 30.5 Å². The Morgan fingerprint density at radius 3 is 3.00 bits per heavy atom. The van der Waals surface area contributed by atoms with E-state index in [9.17, 15) is 5.11 Å². The van der Waals surface area contributed by atoms with E-state index in [2.05, 4.69) is 4.98 Å². The Morgan fingerprint density at radius 2 is 2.25 bits per heavy atom. The number of methoxy groups -OCH3 is 1. The summed E-state index contributed by atoms with van der Waals surface area (Å²) in [5, 5.41) is 11.4. The Balaban J connectivity index is 2.58. The smallest absolute Gasteiger partial charge is 0.104 e. The van der Waals surface area contributed by atoms with Crippen molar-refractivity contribution in [2.75, 3.05) is 13.7 Å². The van der Waals surface area contributed by atoms with Crippen LogP contribution >= 0.6 is 11.6 Å². The van der Waals surface area contributed by atoms with Crippen molar-refractivity contribution in [2.24, 2.45) is 0 Å². The molecule has 4 heteroatoms. The lowest BCUT2D eigenvalue weighted by atomic mass is 10.1. The maximum absolute atomic E-state index is 9.90. The summed E-state index contributed by atoms with van der Waals surface area (Å²) in [6.45, 7) is 0.243. The van der Waals surface area contributed by atoms with E-state index in [4.69, 9.17) is 16.3 Å². The molecule has 0 saturated heterocycles. The van der Waals surface area contributed by atoms with E-state index in [0.29, 0.717) is 5.02 Å². The van der Waals surface area contributed by atoms with Gasteiger partial charge in [0.15, 0.2) is 0 Å². The molecule has 1 atom stereocenters. The summed E-state index contributed by atoms with van der Waals surface area (Å²) in [6.07, 6.45) is 1.00. The van der Waals surface area contributed by atoms with Crippen molar-refractivity contribution in [1.82, 2.24) is 4.98 Å². The number of hydrogen-bond donors (Lipinski definition) is 1. The summed E-state index contributed by atoms with van der Waals surface area (Å²) in [7, 11) is 1.55. The van der Waals surface area contributed by atoms with Crippen molar-refractivity contribution in [1.29, 1.82) is 0 Å². The van der Waals surface area contributed by atoms with E-state index in [1.54, 1.807) is 25.4 Å². The second-order valence-corrected chi connectivity index (χ2v) is 3.91. The molecule has 2 aromatic rings. The van der Waals surface area contributed by atoms with Gasteiger partial charge < -0.3 is 9.84 Å². The monoisotopic (exact) mass is 237 g/mol. The number of ether oxygens (including phenoxy) is 1. The molecule has 84 valence electrons. The lowest BCUT2D eigenvalue weighted by molar-refractivity contribution is 0.0652. The van der Waals surface area contributed by atoms with Gasteiger partial charge in [0.25, 0.3) is 0 Å². The fourth-order valence-corrected chi connectivity index (χ4v) is 1.89. The lowest BCUT2D eigenvalue weighted by Gasteiger charge is -2.12. The second-order valence-electron chi connectivity index (χ2n) is 3.51. The third kappa shape index (κ3) is 2.02. The van der Waals surface area contributed by atoms with Crippen LogP contribution in [0.1, 0.15) is 11.7 Å². The zero-order valence-electron chi connectivity index (χ0n) is 8.85. The van der Waals surface area contributed by atoms with Gasteiger partial charge in [0.2, 0.25) is 0 Å². The van der Waals surface area contributed by atoms with E-state index in [1.165, 1.54) is 0 Å². The third-order valence-electron chi connectivity index (χ3n) is 2.43. The van der Waals surface area contributed by atoms with Crippen molar-refractivity contribution in [3.8, 4) is 0 Å². The first-order valence-corrected chi connectivity index (χ1v) is 5.32. The van der Waals surface area contributed by atoms with Gasteiger partial charge in [-0.15, -0.1) is 0 Å². The molecule has 16 heavy (non-hydrogen) atoms. The van der Waals surface area contributed by atoms with Gasteiger partial charge in [-0.05, 0) is 18.2 Å². The highest BCUT2D eigenvalue weighted by atomic mass is 35.5. The molecule has 1 N–H and O–H groups in total. The van der Waals surface area contributed by atoms with Crippen LogP contribution in [0.5, 0.6) is 0 Å². The van der Waals surface area contributed by atoms with Gasteiger partial charge in [-0.1, -0.05) is 17.7 Å². The van der Waals surface area contributed by atoms with Gasteiger partial charge in [-0.3, -0.25) is 4.98 Å². The van der Waals surface area contributed by atoms with Crippen LogP contribution in [-0.4, -0.2) is 23.8 Å². The van der Waals surface area contributed by atoms with Crippen LogP contribution in [-0.2, 0) is 4.74 Å². The third-order valence-corrected chi connectivity index (χ3v) is 2.76. The molecular formula is C12H12ClNO2. The van der Waals surface area contributed by atoms with Crippen LogP contribution in [0.2, 0.25) is 5.02 Å². The minimum absolute atomic E-state index is 0.243. The minimum Gasteiger partial charge on any atom is -0.386 e. The van der Waals surface area contributed by atoms with E-state index in [-0.39, 0.29) is 6.61 Å². The molecule has 3 nitrogen and oxygen atoms in total. The molecule has 0 aliphatic heterocycles. The van der Waals surface area contributed by atoms with Crippen molar-refractivity contribution in [3.05, 3.63) is 41.0 Å². The average Bonchev–Trinajstić information content (AvgIpc) is 2.30. The largest absolute Gasteiger partial charge is 0.386 e. The standard InChI is InChI=1S/C12H12ClNO2/c1-16-7-11(15)9-4-5-10(13)8-3-2-6-14-12(8)9/h2-6,11,15H,7H2,1H3. The highest BCUT2D eigenvalue weighted by Crippen LogP contribution is 2.28. The molecule has 0 radical (unpaired) electrons. The van der Waals surface area contributed by atoms with Crippen molar-refractivity contribution >= 4 is 22.5 Å². The molecule has 2 rings (SSSR count). The van der Waals surface area contributed by atoms with Gasteiger partial charge in [0.1, 0.15) is 6.10 Å². The van der Waals surface area contributed by atoms with Crippen LogP contribution in [0.25, 0.3) is 10.9 Å². The number of aliphatic hydroxyl groups is 1. The molecule has 0 saturated carbocycles. The predicted octanol–water partition coefficient (Wildman–Crippen LogP) is 2.57. The number of benzene rings is 1. The molecule has 0 aliphatic rings. The van der Waals surface area contributed by atoms with E-state index in [1.807, 2.05) is 12.1 Å². The molecule has 0 fully saturated rings. The molecule has 0 aliphatic carbocycles. The SMILES string of the molecule is COCC(O)c1ccc(Cl)c2cccnc12. The lowest BCUT2D eigenvalue weighted by Crippen LogP contribution is -2.06. The van der Waals surface area contributed by atoms with Crippen LogP contribution in [0, 0.1) is 0 Å². The maximum atomic E-state index is 9.90. The van der Waals surface area contributed by atoms with Gasteiger partial charge in [0, 0.05) is 29.3 Å². The van der Waals surface area contributed by atoms with E-state index >= 15 is 0 Å². The van der Waals surface area contributed by atoms with E-state index < -0.39 is 6.10 Å². The Labute approximate surface area is 98.6 Å². The number of halogens is 1. The summed E-state index contributed by atoms with van der Waals surface area (Å²) < 4.78 is 4.93. The summed E-state index contributed by atoms with van der Waals surface area (Å²) >= 11 is 6.06. The van der Waals surface area contributed by atoms with Crippen LogP contribution < -0.4 is 0 Å². The average molecular weight is 238 g/mol. The first-order valence-electron chi connectivity index (χ1n) is 4.94. The summed E-state index contributed by atoms with van der Waals surface area (Å²) in [6, 6.07) is 7.25. The Morgan fingerprint density at radius 1 is 1.44 bits per heavy atom. The summed E-state index contributed by atoms with van der Waals surface area (Å²) in [5.74, 6) is 0. The van der Waals surface area contributed by atoms with Crippen molar-refractivity contribution in [3.63, 3.8) is 0 Å². The molecule has 0 amide bonds. The maximum Gasteiger partial charge on any atom is 0.104 e.